The first kappa shape index (κ1) is 24.4. The normalized spacial score (nSPS) is 24.1. The highest BCUT2D eigenvalue weighted by Gasteiger charge is 2.59. The van der Waals surface area contributed by atoms with E-state index in [9.17, 15) is 23.6 Å². The minimum Gasteiger partial charge on any atom is -0.427 e. The monoisotopic (exact) mass is 520 g/mol. The highest BCUT2D eigenvalue weighted by atomic mass is 19.1. The number of carbonyl (C=O) groups is 4. The van der Waals surface area contributed by atoms with E-state index in [4.69, 9.17) is 4.74 Å². The van der Waals surface area contributed by atoms with Gasteiger partial charge in [-0.15, -0.1) is 0 Å². The Bertz CT molecular complexity index is 1360. The summed E-state index contributed by atoms with van der Waals surface area (Å²) in [5, 5.41) is 4.77. The van der Waals surface area contributed by atoms with Crippen LogP contribution in [0.15, 0.2) is 36.4 Å². The maximum absolute atomic E-state index is 14.9. The Kier molecular flexibility index (Phi) is 5.85. The van der Waals surface area contributed by atoms with Gasteiger partial charge in [-0.05, 0) is 66.8 Å². The third-order valence-electron chi connectivity index (χ3n) is 8.27. The van der Waals surface area contributed by atoms with Crippen molar-refractivity contribution in [1.82, 2.24) is 15.1 Å². The molecule has 2 N–H and O–H groups in total. The van der Waals surface area contributed by atoms with E-state index in [1.54, 1.807) is 0 Å². The Balaban J connectivity index is 1.25. The van der Waals surface area contributed by atoms with Crippen LogP contribution >= 0.6 is 0 Å². The van der Waals surface area contributed by atoms with Crippen LogP contribution in [0.4, 0.5) is 19.7 Å². The Morgan fingerprint density at radius 1 is 1.08 bits per heavy atom. The maximum atomic E-state index is 14.9. The van der Waals surface area contributed by atoms with Gasteiger partial charge in [0.25, 0.3) is 5.91 Å². The van der Waals surface area contributed by atoms with E-state index < -0.39 is 36.0 Å². The molecule has 2 aromatic rings. The van der Waals surface area contributed by atoms with Gasteiger partial charge in [0.1, 0.15) is 12.4 Å². The summed E-state index contributed by atoms with van der Waals surface area (Å²) in [4.78, 5) is 54.6. The lowest BCUT2D eigenvalue weighted by Crippen LogP contribution is -2.48. The largest absolute Gasteiger partial charge is 0.427 e. The van der Waals surface area contributed by atoms with Crippen molar-refractivity contribution in [3.63, 3.8) is 0 Å². The van der Waals surface area contributed by atoms with Crippen LogP contribution in [0, 0.1) is 11.7 Å². The highest BCUT2D eigenvalue weighted by molar-refractivity contribution is 6.06. The van der Waals surface area contributed by atoms with E-state index >= 15 is 0 Å². The van der Waals surface area contributed by atoms with Crippen LogP contribution in [0.1, 0.15) is 47.9 Å². The molecular weight excluding hydrogens is 491 g/mol. The first-order chi connectivity index (χ1) is 18.3. The molecule has 0 radical (unpaired) electrons. The summed E-state index contributed by atoms with van der Waals surface area (Å²) < 4.78 is 20.5. The summed E-state index contributed by atoms with van der Waals surface area (Å²) in [5.74, 6) is -1.26. The maximum Gasteiger partial charge on any atom is 0.418 e. The van der Waals surface area contributed by atoms with Crippen LogP contribution in [-0.4, -0.2) is 53.4 Å². The molecule has 2 unspecified atom stereocenters. The van der Waals surface area contributed by atoms with Gasteiger partial charge in [0, 0.05) is 31.6 Å². The Morgan fingerprint density at radius 3 is 2.58 bits per heavy atom. The fraction of sp³-hybridized carbons (Fsp3) is 0.429. The van der Waals surface area contributed by atoms with Crippen LogP contribution in [-0.2, 0) is 39.3 Å². The number of carbonyl (C=O) groups excluding carboxylic acids is 4. The highest BCUT2D eigenvalue weighted by Crippen LogP contribution is 2.47. The van der Waals surface area contributed by atoms with Crippen molar-refractivity contribution in [2.24, 2.45) is 5.92 Å². The lowest BCUT2D eigenvalue weighted by molar-refractivity contribution is -0.143. The molecule has 198 valence electrons. The number of hydrogen-bond acceptors (Lipinski definition) is 5. The molecule has 4 aliphatic rings. The van der Waals surface area contributed by atoms with Crippen molar-refractivity contribution in [1.29, 1.82) is 0 Å². The van der Waals surface area contributed by atoms with E-state index in [0.717, 1.165) is 42.2 Å². The molecule has 10 heteroatoms. The lowest BCUT2D eigenvalue weighted by atomic mass is 9.94. The third-order valence-corrected chi connectivity index (χ3v) is 8.27. The molecular formula is C28H29FN4O5. The molecule has 2 aliphatic heterocycles. The van der Waals surface area contributed by atoms with Gasteiger partial charge in [-0.3, -0.25) is 9.59 Å². The second kappa shape index (κ2) is 9.11. The van der Waals surface area contributed by atoms with E-state index in [1.807, 2.05) is 23.1 Å². The fourth-order valence-corrected chi connectivity index (χ4v) is 6.13. The van der Waals surface area contributed by atoms with E-state index in [1.165, 1.54) is 18.7 Å². The van der Waals surface area contributed by atoms with Gasteiger partial charge >= 0.3 is 12.1 Å². The molecule has 38 heavy (non-hydrogen) atoms. The van der Waals surface area contributed by atoms with Crippen LogP contribution in [0.2, 0.25) is 0 Å². The smallest absolute Gasteiger partial charge is 0.418 e. The van der Waals surface area contributed by atoms with Gasteiger partial charge < -0.3 is 20.3 Å². The molecule has 9 nitrogen and oxygen atoms in total. The topological polar surface area (TPSA) is 108 Å². The first-order valence-corrected chi connectivity index (χ1v) is 13.0. The van der Waals surface area contributed by atoms with Crippen molar-refractivity contribution in [2.45, 2.75) is 56.7 Å². The summed E-state index contributed by atoms with van der Waals surface area (Å²) >= 11 is 0. The van der Waals surface area contributed by atoms with E-state index in [0.29, 0.717) is 24.4 Å². The zero-order valence-electron chi connectivity index (χ0n) is 21.1. The van der Waals surface area contributed by atoms with Gasteiger partial charge in [-0.1, -0.05) is 24.3 Å². The van der Waals surface area contributed by atoms with Gasteiger partial charge in [0.15, 0.2) is 0 Å². The summed E-state index contributed by atoms with van der Waals surface area (Å²) in [7, 11) is 1.42. The number of fused-ring (bicyclic) bond motifs is 3. The number of benzene rings is 2. The zero-order valence-corrected chi connectivity index (χ0v) is 21.1. The SMILES string of the molecule is CNC(=O)Nc1cc2c(cc1F)C1(CC2)OC(=O)N(CC(=O)N2Cc3ccccc3CCC2C2CC2)C1=O. The number of nitrogens with zero attached hydrogens (tertiary/aromatic N) is 2. The summed E-state index contributed by atoms with van der Waals surface area (Å²) in [6.45, 7) is 0.0203. The predicted molar refractivity (Wildman–Crippen MR) is 134 cm³/mol. The van der Waals surface area contributed by atoms with Crippen LogP contribution in [0.5, 0.6) is 0 Å². The molecule has 5 amide bonds. The number of imide groups is 1. The second-order valence-electron chi connectivity index (χ2n) is 10.5. The third kappa shape index (κ3) is 3.99. The molecule has 2 atom stereocenters. The van der Waals surface area contributed by atoms with Crippen molar-refractivity contribution < 1.29 is 28.3 Å². The van der Waals surface area contributed by atoms with E-state index in [2.05, 4.69) is 16.7 Å². The van der Waals surface area contributed by atoms with Crippen molar-refractivity contribution >= 4 is 29.6 Å². The molecule has 1 spiro atoms. The number of amides is 5. The number of ether oxygens (including phenoxy) is 1. The fourth-order valence-electron chi connectivity index (χ4n) is 6.13. The van der Waals surface area contributed by atoms with Crippen LogP contribution in [0.25, 0.3) is 0 Å². The predicted octanol–water partition coefficient (Wildman–Crippen LogP) is 3.45. The number of anilines is 1. The number of halogens is 1. The Hall–Kier alpha value is -3.95. The average Bonchev–Trinajstić information content (AvgIpc) is 3.68. The minimum absolute atomic E-state index is 0.0310. The molecule has 2 aromatic carbocycles. The molecule has 0 bridgehead atoms. The summed E-state index contributed by atoms with van der Waals surface area (Å²) in [5.41, 5.74) is 1.46. The zero-order chi connectivity index (χ0) is 26.6. The number of nitrogens with one attached hydrogen (secondary N) is 2. The molecule has 1 saturated heterocycles. The second-order valence-corrected chi connectivity index (χ2v) is 10.5. The quantitative estimate of drug-likeness (QED) is 0.642. The molecule has 2 aliphatic carbocycles. The molecule has 0 aromatic heterocycles. The average molecular weight is 521 g/mol. The summed E-state index contributed by atoms with van der Waals surface area (Å²) in [6.07, 6.45) is 3.45. The Morgan fingerprint density at radius 2 is 1.84 bits per heavy atom. The van der Waals surface area contributed by atoms with Gasteiger partial charge in [0.2, 0.25) is 11.5 Å². The molecule has 1 saturated carbocycles. The van der Waals surface area contributed by atoms with Gasteiger partial charge in [-0.2, -0.15) is 0 Å². The van der Waals surface area contributed by atoms with E-state index in [-0.39, 0.29) is 29.6 Å². The van der Waals surface area contributed by atoms with Crippen molar-refractivity contribution in [2.75, 3.05) is 18.9 Å². The number of rotatable bonds is 4. The number of aryl methyl sites for hydroxylation is 2. The van der Waals surface area contributed by atoms with Gasteiger partial charge in [0.05, 0.1) is 5.69 Å². The number of hydrogen-bond donors (Lipinski definition) is 2. The molecule has 2 heterocycles. The number of urea groups is 1. The van der Waals surface area contributed by atoms with Crippen molar-refractivity contribution in [3.8, 4) is 0 Å². The Labute approximate surface area is 219 Å². The van der Waals surface area contributed by atoms with Crippen LogP contribution < -0.4 is 10.6 Å². The summed E-state index contributed by atoms with van der Waals surface area (Å²) in [6, 6.07) is 10.1. The van der Waals surface area contributed by atoms with Crippen molar-refractivity contribution in [3.05, 3.63) is 64.5 Å². The molecule has 2 fully saturated rings. The first-order valence-electron chi connectivity index (χ1n) is 13.0. The molecule has 6 rings (SSSR count). The van der Waals surface area contributed by atoms with Gasteiger partial charge in [-0.25, -0.2) is 18.9 Å². The van der Waals surface area contributed by atoms with Crippen LogP contribution in [0.3, 0.4) is 0 Å². The minimum atomic E-state index is -1.67. The lowest BCUT2D eigenvalue weighted by Gasteiger charge is -2.31. The standard InChI is InChI=1S/C28H29FN4O5/c1-30-26(36)31-22-12-18-10-11-28(20(18)13-21(22)29)25(35)33(27(37)38-28)15-24(34)32-14-19-5-3-2-4-16(19)8-9-23(32)17-6-7-17/h2-5,12-13,17,23H,6-11,14-15H2,1H3,(H2,30,31,36).